The van der Waals surface area contributed by atoms with Crippen LogP contribution in [0.4, 0.5) is 5.69 Å². The van der Waals surface area contributed by atoms with E-state index in [4.69, 9.17) is 5.73 Å². The summed E-state index contributed by atoms with van der Waals surface area (Å²) in [6, 6.07) is 7.20. The molecule has 1 unspecified atom stereocenters. The molecule has 2 aromatic heterocycles. The molecule has 1 atom stereocenters. The van der Waals surface area contributed by atoms with Crippen molar-refractivity contribution in [1.29, 1.82) is 0 Å². The number of primary amides is 1. The van der Waals surface area contributed by atoms with Crippen LogP contribution in [0.15, 0.2) is 36.7 Å². The lowest BCUT2D eigenvalue weighted by atomic mass is 9.83. The first kappa shape index (κ1) is 13.4. The number of amides is 2. The second-order valence-electron chi connectivity index (χ2n) is 5.68. The van der Waals surface area contributed by atoms with Gasteiger partial charge in [-0.1, -0.05) is 0 Å². The standard InChI is InChI=1S/C16H13N5O2/c1-16(14(17)22)9-6-11-12(7-10(9)21-15(16)23)20-13(19-11)8-2-4-18-5-3-8/h2-7H,1H3,(H2,17,22)(H,19,20)(H,21,23). The van der Waals surface area contributed by atoms with Crippen LogP contribution in [0.3, 0.4) is 0 Å². The van der Waals surface area contributed by atoms with E-state index in [0.717, 1.165) is 11.1 Å². The maximum atomic E-state index is 12.1. The van der Waals surface area contributed by atoms with Gasteiger partial charge in [-0.25, -0.2) is 4.98 Å². The first-order valence-corrected chi connectivity index (χ1v) is 7.06. The van der Waals surface area contributed by atoms with E-state index < -0.39 is 17.2 Å². The molecule has 0 aliphatic carbocycles. The zero-order chi connectivity index (χ0) is 16.2. The first-order chi connectivity index (χ1) is 11.0. The molecule has 23 heavy (non-hydrogen) atoms. The van der Waals surface area contributed by atoms with Gasteiger partial charge in [-0.05, 0) is 31.2 Å². The lowest BCUT2D eigenvalue weighted by Gasteiger charge is -2.17. The Labute approximate surface area is 130 Å². The third-order valence-corrected chi connectivity index (χ3v) is 4.31. The van der Waals surface area contributed by atoms with Crippen molar-refractivity contribution in [2.75, 3.05) is 5.32 Å². The zero-order valence-electron chi connectivity index (χ0n) is 12.3. The van der Waals surface area contributed by atoms with Gasteiger partial charge in [0.05, 0.1) is 11.0 Å². The molecular weight excluding hydrogens is 294 g/mol. The maximum Gasteiger partial charge on any atom is 0.244 e. The van der Waals surface area contributed by atoms with E-state index in [1.165, 1.54) is 6.92 Å². The van der Waals surface area contributed by atoms with Gasteiger partial charge in [0.25, 0.3) is 0 Å². The van der Waals surface area contributed by atoms with E-state index in [9.17, 15) is 9.59 Å². The number of carbonyl (C=O) groups excluding carboxylic acids is 2. The van der Waals surface area contributed by atoms with E-state index >= 15 is 0 Å². The zero-order valence-corrected chi connectivity index (χ0v) is 12.3. The number of nitrogens with one attached hydrogen (secondary N) is 2. The summed E-state index contributed by atoms with van der Waals surface area (Å²) in [6.07, 6.45) is 3.37. The van der Waals surface area contributed by atoms with E-state index in [2.05, 4.69) is 20.3 Å². The van der Waals surface area contributed by atoms with Crippen LogP contribution in [0, 0.1) is 0 Å². The van der Waals surface area contributed by atoms with E-state index in [1.54, 1.807) is 24.5 Å². The van der Waals surface area contributed by atoms with Crippen molar-refractivity contribution in [3.05, 3.63) is 42.2 Å². The van der Waals surface area contributed by atoms with Gasteiger partial charge in [0.15, 0.2) is 5.41 Å². The number of nitrogens with two attached hydrogens (primary N) is 1. The molecule has 0 radical (unpaired) electrons. The Morgan fingerprint density at radius 1 is 1.26 bits per heavy atom. The predicted octanol–water partition coefficient (Wildman–Crippen LogP) is 1.32. The molecule has 7 heteroatoms. The fourth-order valence-electron chi connectivity index (χ4n) is 2.83. The first-order valence-electron chi connectivity index (χ1n) is 7.06. The van der Waals surface area contributed by atoms with Gasteiger partial charge in [0.1, 0.15) is 5.82 Å². The molecule has 0 spiro atoms. The Balaban J connectivity index is 1.91. The lowest BCUT2D eigenvalue weighted by molar-refractivity contribution is -0.131. The van der Waals surface area contributed by atoms with Crippen molar-refractivity contribution in [3.8, 4) is 11.4 Å². The number of benzene rings is 1. The summed E-state index contributed by atoms with van der Waals surface area (Å²) < 4.78 is 0. The number of pyridine rings is 1. The summed E-state index contributed by atoms with van der Waals surface area (Å²) in [5, 5.41) is 2.71. The number of aromatic amines is 1. The summed E-state index contributed by atoms with van der Waals surface area (Å²) in [5.74, 6) is -0.404. The van der Waals surface area contributed by atoms with Crippen LogP contribution in [-0.2, 0) is 15.0 Å². The third kappa shape index (κ3) is 1.76. The van der Waals surface area contributed by atoms with Crippen LogP contribution >= 0.6 is 0 Å². The molecule has 2 amide bonds. The van der Waals surface area contributed by atoms with Crippen LogP contribution in [0.1, 0.15) is 12.5 Å². The minimum atomic E-state index is -1.38. The molecule has 4 N–H and O–H groups in total. The molecule has 0 fully saturated rings. The van der Waals surface area contributed by atoms with E-state index in [1.807, 2.05) is 12.1 Å². The van der Waals surface area contributed by atoms with Crippen LogP contribution in [0.2, 0.25) is 0 Å². The fourth-order valence-corrected chi connectivity index (χ4v) is 2.83. The highest BCUT2D eigenvalue weighted by atomic mass is 16.2. The van der Waals surface area contributed by atoms with Crippen LogP contribution in [0.25, 0.3) is 22.4 Å². The molecule has 0 saturated carbocycles. The van der Waals surface area contributed by atoms with Gasteiger partial charge in [0.2, 0.25) is 11.8 Å². The number of H-pyrrole nitrogens is 1. The molecule has 114 valence electrons. The number of hydrogen-bond acceptors (Lipinski definition) is 4. The number of rotatable bonds is 2. The Morgan fingerprint density at radius 3 is 2.70 bits per heavy atom. The average Bonchev–Trinajstić information content (AvgIpc) is 3.06. The molecule has 7 nitrogen and oxygen atoms in total. The Bertz CT molecular complexity index is 963. The van der Waals surface area contributed by atoms with Gasteiger partial charge in [-0.2, -0.15) is 0 Å². The summed E-state index contributed by atoms with van der Waals surface area (Å²) in [5.41, 5.74) is 7.53. The molecule has 0 bridgehead atoms. The minimum Gasteiger partial charge on any atom is -0.368 e. The lowest BCUT2D eigenvalue weighted by Crippen LogP contribution is -2.44. The summed E-state index contributed by atoms with van der Waals surface area (Å²) >= 11 is 0. The highest BCUT2D eigenvalue weighted by molar-refractivity contribution is 6.20. The molecule has 1 aromatic carbocycles. The Kier molecular flexibility index (Phi) is 2.57. The van der Waals surface area contributed by atoms with Crippen molar-refractivity contribution in [1.82, 2.24) is 15.0 Å². The predicted molar refractivity (Wildman–Crippen MR) is 84.5 cm³/mol. The van der Waals surface area contributed by atoms with Gasteiger partial charge in [-0.15, -0.1) is 0 Å². The molecule has 4 rings (SSSR count). The monoisotopic (exact) mass is 307 g/mol. The van der Waals surface area contributed by atoms with Crippen LogP contribution < -0.4 is 11.1 Å². The maximum absolute atomic E-state index is 12.1. The smallest absolute Gasteiger partial charge is 0.244 e. The number of carbonyl (C=O) groups is 2. The molecule has 3 heterocycles. The Morgan fingerprint density at radius 2 is 2.00 bits per heavy atom. The van der Waals surface area contributed by atoms with Gasteiger partial charge >= 0.3 is 0 Å². The molecular formula is C16H13N5O2. The van der Waals surface area contributed by atoms with Crippen molar-refractivity contribution < 1.29 is 9.59 Å². The van der Waals surface area contributed by atoms with Crippen molar-refractivity contribution in [2.24, 2.45) is 5.73 Å². The SMILES string of the molecule is CC1(C(N)=O)C(=O)Nc2cc3[nH]c(-c4ccncc4)nc3cc21. The quantitative estimate of drug-likeness (QED) is 0.619. The molecule has 1 aliphatic rings. The highest BCUT2D eigenvalue weighted by Crippen LogP contribution is 2.39. The summed E-state index contributed by atoms with van der Waals surface area (Å²) in [7, 11) is 0. The minimum absolute atomic E-state index is 0.415. The summed E-state index contributed by atoms with van der Waals surface area (Å²) in [4.78, 5) is 35.6. The van der Waals surface area contributed by atoms with Gasteiger partial charge < -0.3 is 16.0 Å². The second kappa shape index (κ2) is 4.39. The molecule has 0 saturated heterocycles. The number of anilines is 1. The average molecular weight is 307 g/mol. The topological polar surface area (TPSA) is 114 Å². The van der Waals surface area contributed by atoms with Crippen molar-refractivity contribution >= 4 is 28.5 Å². The number of imidazole rings is 1. The van der Waals surface area contributed by atoms with Crippen LogP contribution in [0.5, 0.6) is 0 Å². The summed E-state index contributed by atoms with van der Waals surface area (Å²) in [6.45, 7) is 1.53. The van der Waals surface area contributed by atoms with E-state index in [0.29, 0.717) is 22.6 Å². The number of fused-ring (bicyclic) bond motifs is 2. The molecule has 3 aromatic rings. The Hall–Kier alpha value is -3.22. The largest absolute Gasteiger partial charge is 0.368 e. The second-order valence-corrected chi connectivity index (χ2v) is 5.68. The molecule has 1 aliphatic heterocycles. The number of aromatic nitrogens is 3. The van der Waals surface area contributed by atoms with Crippen molar-refractivity contribution in [3.63, 3.8) is 0 Å². The van der Waals surface area contributed by atoms with Gasteiger partial charge in [-0.3, -0.25) is 14.6 Å². The normalized spacial score (nSPS) is 19.6. The third-order valence-electron chi connectivity index (χ3n) is 4.31. The number of hydrogen-bond donors (Lipinski definition) is 3. The van der Waals surface area contributed by atoms with Crippen LogP contribution in [-0.4, -0.2) is 26.8 Å². The van der Waals surface area contributed by atoms with Gasteiger partial charge in [0, 0.05) is 29.2 Å². The fraction of sp³-hybridized carbons (Fsp3) is 0.125. The van der Waals surface area contributed by atoms with E-state index in [-0.39, 0.29) is 0 Å². The highest BCUT2D eigenvalue weighted by Gasteiger charge is 2.48. The number of nitrogens with zero attached hydrogens (tertiary/aromatic N) is 2. The van der Waals surface area contributed by atoms with Crippen molar-refractivity contribution in [2.45, 2.75) is 12.3 Å².